The van der Waals surface area contributed by atoms with E-state index in [1.54, 1.807) is 0 Å². The first kappa shape index (κ1) is 6.86. The standard InChI is InChI=1S/C7H11N3/c1-2-10-6(8)4-3-5-7(10)9/h3-5H,2H2,1H3,(H3,8,9)/p+1. The second-order valence-electron chi connectivity index (χ2n) is 2.12. The largest absolute Gasteiger partial charge is 0.319 e. The van der Waals surface area contributed by atoms with Crippen molar-refractivity contribution in [2.45, 2.75) is 13.5 Å². The Balaban J connectivity index is 3.17. The van der Waals surface area contributed by atoms with Gasteiger partial charge in [0.15, 0.2) is 0 Å². The number of rotatable bonds is 1. The van der Waals surface area contributed by atoms with Gasteiger partial charge in [-0.05, 0) is 13.0 Å². The normalized spacial score (nSPS) is 9.70. The van der Waals surface area contributed by atoms with E-state index in [2.05, 4.69) is 0 Å². The summed E-state index contributed by atoms with van der Waals surface area (Å²) in [5.41, 5.74) is 11.2. The monoisotopic (exact) mass is 138 g/mol. The lowest BCUT2D eigenvalue weighted by atomic mass is 10.4. The van der Waals surface area contributed by atoms with E-state index >= 15 is 0 Å². The molecule has 0 spiro atoms. The highest BCUT2D eigenvalue weighted by atomic mass is 15.1. The number of aromatic nitrogens is 1. The lowest BCUT2D eigenvalue weighted by Gasteiger charge is -2.02. The zero-order valence-corrected chi connectivity index (χ0v) is 6.04. The highest BCUT2D eigenvalue weighted by molar-refractivity contribution is 5.29. The fourth-order valence-electron chi connectivity index (χ4n) is 0.939. The molecule has 0 aromatic carbocycles. The molecule has 0 radical (unpaired) electrons. The van der Waals surface area contributed by atoms with Gasteiger partial charge in [-0.1, -0.05) is 0 Å². The summed E-state index contributed by atoms with van der Waals surface area (Å²) in [6.07, 6.45) is 0. The molecule has 3 nitrogen and oxygen atoms in total. The van der Waals surface area contributed by atoms with E-state index in [4.69, 9.17) is 11.5 Å². The molecule has 0 saturated carbocycles. The summed E-state index contributed by atoms with van der Waals surface area (Å²) in [5, 5.41) is 0. The van der Waals surface area contributed by atoms with Crippen molar-refractivity contribution in [2.75, 3.05) is 11.5 Å². The maximum Gasteiger partial charge on any atom is 0.219 e. The van der Waals surface area contributed by atoms with Crippen LogP contribution in [0.15, 0.2) is 18.2 Å². The van der Waals surface area contributed by atoms with Gasteiger partial charge in [0.2, 0.25) is 11.6 Å². The molecule has 0 fully saturated rings. The summed E-state index contributed by atoms with van der Waals surface area (Å²) in [6.45, 7) is 2.82. The van der Waals surface area contributed by atoms with Crippen molar-refractivity contribution in [1.29, 1.82) is 0 Å². The van der Waals surface area contributed by atoms with Gasteiger partial charge in [-0.15, -0.1) is 0 Å². The molecule has 0 saturated heterocycles. The summed E-state index contributed by atoms with van der Waals surface area (Å²) < 4.78 is 1.85. The molecule has 3 heteroatoms. The fourth-order valence-corrected chi connectivity index (χ4v) is 0.939. The van der Waals surface area contributed by atoms with E-state index in [1.165, 1.54) is 0 Å². The third kappa shape index (κ3) is 1.03. The van der Waals surface area contributed by atoms with Crippen molar-refractivity contribution in [3.8, 4) is 0 Å². The van der Waals surface area contributed by atoms with Crippen LogP contribution in [0.25, 0.3) is 0 Å². The third-order valence-corrected chi connectivity index (χ3v) is 1.47. The minimum atomic E-state index is 0.711. The van der Waals surface area contributed by atoms with Gasteiger partial charge < -0.3 is 11.5 Å². The zero-order chi connectivity index (χ0) is 7.56. The fraction of sp³-hybridized carbons (Fsp3) is 0.286. The highest BCUT2D eigenvalue weighted by Gasteiger charge is 2.01. The summed E-state index contributed by atoms with van der Waals surface area (Å²) in [4.78, 5) is 0. The minimum Gasteiger partial charge on any atom is -0.319 e. The van der Waals surface area contributed by atoms with Crippen molar-refractivity contribution in [3.63, 3.8) is 0 Å². The molecule has 0 amide bonds. The molecule has 10 heavy (non-hydrogen) atoms. The van der Waals surface area contributed by atoms with Gasteiger partial charge in [-0.25, -0.2) is 4.57 Å². The summed E-state index contributed by atoms with van der Waals surface area (Å²) in [6, 6.07) is 5.51. The van der Waals surface area contributed by atoms with Crippen LogP contribution in [0.1, 0.15) is 6.92 Å². The number of hydrogen-bond donors (Lipinski definition) is 2. The quantitative estimate of drug-likeness (QED) is 0.543. The van der Waals surface area contributed by atoms with E-state index in [1.807, 2.05) is 29.7 Å². The van der Waals surface area contributed by atoms with Crippen LogP contribution in [-0.4, -0.2) is 0 Å². The van der Waals surface area contributed by atoms with Crippen molar-refractivity contribution >= 4 is 11.6 Å². The van der Waals surface area contributed by atoms with Crippen LogP contribution in [0.4, 0.5) is 11.6 Å². The topological polar surface area (TPSA) is 55.9 Å². The molecule has 0 atom stereocenters. The third-order valence-electron chi connectivity index (χ3n) is 1.47. The molecule has 0 unspecified atom stereocenters. The Morgan fingerprint density at radius 2 is 1.80 bits per heavy atom. The number of nitrogens with zero attached hydrogens (tertiary/aromatic N) is 1. The van der Waals surface area contributed by atoms with Crippen LogP contribution < -0.4 is 16.0 Å². The number of nitrogen functional groups attached to an aromatic ring is 2. The van der Waals surface area contributed by atoms with Gasteiger partial charge in [0, 0.05) is 12.1 Å². The zero-order valence-electron chi connectivity index (χ0n) is 6.04. The maximum absolute atomic E-state index is 5.61. The van der Waals surface area contributed by atoms with Crippen molar-refractivity contribution in [2.24, 2.45) is 0 Å². The summed E-state index contributed by atoms with van der Waals surface area (Å²) >= 11 is 0. The first-order valence-corrected chi connectivity index (χ1v) is 3.29. The highest BCUT2D eigenvalue weighted by Crippen LogP contribution is 1.97. The second-order valence-corrected chi connectivity index (χ2v) is 2.12. The van der Waals surface area contributed by atoms with Gasteiger partial charge in [-0.2, -0.15) is 0 Å². The Morgan fingerprint density at radius 3 is 2.10 bits per heavy atom. The van der Waals surface area contributed by atoms with Crippen LogP contribution >= 0.6 is 0 Å². The molecule has 0 aliphatic carbocycles. The average Bonchev–Trinajstić information content (AvgIpc) is 1.88. The van der Waals surface area contributed by atoms with Crippen molar-refractivity contribution in [1.82, 2.24) is 0 Å². The predicted octanol–water partition coefficient (Wildman–Crippen LogP) is 0.158. The van der Waals surface area contributed by atoms with E-state index in [-0.39, 0.29) is 0 Å². The molecule has 1 rings (SSSR count). The minimum absolute atomic E-state index is 0.711. The Kier molecular flexibility index (Phi) is 1.76. The van der Waals surface area contributed by atoms with Gasteiger partial charge >= 0.3 is 0 Å². The average molecular weight is 138 g/mol. The van der Waals surface area contributed by atoms with E-state index < -0.39 is 0 Å². The SMILES string of the molecule is CC[n+]1c(N)cccc1N. The van der Waals surface area contributed by atoms with Crippen LogP contribution in [0.3, 0.4) is 0 Å². The number of anilines is 2. The summed E-state index contributed by atoms with van der Waals surface area (Å²) in [7, 11) is 0. The number of pyridine rings is 1. The predicted molar refractivity (Wildman–Crippen MR) is 41.1 cm³/mol. The summed E-state index contributed by atoms with van der Waals surface area (Å²) in [5.74, 6) is 1.42. The number of nitrogens with two attached hydrogens (primary N) is 2. The van der Waals surface area contributed by atoms with E-state index in [0.29, 0.717) is 11.6 Å². The first-order valence-electron chi connectivity index (χ1n) is 3.29. The van der Waals surface area contributed by atoms with Gasteiger partial charge in [0.05, 0.1) is 6.54 Å². The molecule has 4 N–H and O–H groups in total. The van der Waals surface area contributed by atoms with Crippen molar-refractivity contribution < 1.29 is 4.57 Å². The molecule has 1 aromatic rings. The molecular weight excluding hydrogens is 126 g/mol. The van der Waals surface area contributed by atoms with E-state index in [9.17, 15) is 0 Å². The van der Waals surface area contributed by atoms with Gasteiger partial charge in [0.25, 0.3) is 0 Å². The van der Waals surface area contributed by atoms with Crippen LogP contribution in [0.2, 0.25) is 0 Å². The van der Waals surface area contributed by atoms with E-state index in [0.717, 1.165) is 6.54 Å². The lowest BCUT2D eigenvalue weighted by Crippen LogP contribution is -2.38. The second kappa shape index (κ2) is 2.56. The van der Waals surface area contributed by atoms with Crippen LogP contribution in [-0.2, 0) is 6.54 Å². The Hall–Kier alpha value is -1.25. The maximum atomic E-state index is 5.61. The number of hydrogen-bond acceptors (Lipinski definition) is 2. The Morgan fingerprint density at radius 1 is 1.30 bits per heavy atom. The Bertz CT molecular complexity index is 212. The molecule has 1 heterocycles. The first-order chi connectivity index (χ1) is 4.75. The molecule has 0 aliphatic rings. The molecule has 0 aliphatic heterocycles. The smallest absolute Gasteiger partial charge is 0.219 e. The molecule has 0 bridgehead atoms. The van der Waals surface area contributed by atoms with Crippen molar-refractivity contribution in [3.05, 3.63) is 18.2 Å². The van der Waals surface area contributed by atoms with Crippen LogP contribution in [0, 0.1) is 0 Å². The van der Waals surface area contributed by atoms with Gasteiger partial charge in [-0.3, -0.25) is 0 Å². The molecule has 1 aromatic heterocycles. The Labute approximate surface area is 60.3 Å². The lowest BCUT2D eigenvalue weighted by molar-refractivity contribution is -0.664. The molecular formula is C7H12N3+. The van der Waals surface area contributed by atoms with Crippen LogP contribution in [0.5, 0.6) is 0 Å². The molecule has 54 valence electrons. The van der Waals surface area contributed by atoms with Gasteiger partial charge in [0.1, 0.15) is 0 Å².